The number of amides is 1. The minimum Gasteiger partial charge on any atom is -0.497 e. The fourth-order valence-corrected chi connectivity index (χ4v) is 4.00. The van der Waals surface area contributed by atoms with E-state index in [4.69, 9.17) is 9.15 Å². The largest absolute Gasteiger partial charge is 0.497 e. The Morgan fingerprint density at radius 2 is 1.71 bits per heavy atom. The molecule has 0 bridgehead atoms. The number of benzene rings is 1. The van der Waals surface area contributed by atoms with E-state index in [1.165, 1.54) is 0 Å². The van der Waals surface area contributed by atoms with E-state index >= 15 is 0 Å². The maximum Gasteiger partial charge on any atom is 0.318 e. The van der Waals surface area contributed by atoms with Crippen molar-refractivity contribution in [1.82, 2.24) is 15.1 Å². The van der Waals surface area contributed by atoms with Gasteiger partial charge < -0.3 is 19.0 Å². The van der Waals surface area contributed by atoms with Crippen molar-refractivity contribution in [2.24, 2.45) is 11.8 Å². The molecule has 3 heterocycles. The molecule has 0 saturated carbocycles. The molecule has 0 atom stereocenters. The zero-order valence-electron chi connectivity index (χ0n) is 16.6. The predicted octanol–water partition coefficient (Wildman–Crippen LogP) is 3.22. The highest BCUT2D eigenvalue weighted by atomic mass is 16.5. The topological polar surface area (TPSA) is 71.7 Å². The SMILES string of the molecule is COc1ccc(-c2nnc(N3CCC(C(=O)N4CCC(C)CC4)CC3)o2)cc1. The monoisotopic (exact) mass is 384 g/mol. The molecular formula is C21H28N4O3. The van der Waals surface area contributed by atoms with Gasteiger partial charge in [-0.15, -0.1) is 5.10 Å². The van der Waals surface area contributed by atoms with Crippen LogP contribution in [-0.2, 0) is 4.79 Å². The van der Waals surface area contributed by atoms with Gasteiger partial charge in [0.1, 0.15) is 5.75 Å². The maximum atomic E-state index is 12.8. The van der Waals surface area contributed by atoms with Crippen LogP contribution in [0.3, 0.4) is 0 Å². The summed E-state index contributed by atoms with van der Waals surface area (Å²) in [7, 11) is 1.64. The number of likely N-dealkylation sites (tertiary alicyclic amines) is 1. The van der Waals surface area contributed by atoms with Gasteiger partial charge in [0.05, 0.1) is 7.11 Å². The summed E-state index contributed by atoms with van der Waals surface area (Å²) in [6.45, 7) is 5.63. The Labute approximate surface area is 165 Å². The summed E-state index contributed by atoms with van der Waals surface area (Å²) >= 11 is 0. The van der Waals surface area contributed by atoms with Crippen LogP contribution in [0, 0.1) is 11.8 Å². The van der Waals surface area contributed by atoms with Crippen LogP contribution < -0.4 is 9.64 Å². The number of hydrogen-bond acceptors (Lipinski definition) is 6. The molecule has 0 radical (unpaired) electrons. The average molecular weight is 384 g/mol. The Morgan fingerprint density at radius 1 is 1.04 bits per heavy atom. The van der Waals surface area contributed by atoms with E-state index in [9.17, 15) is 4.79 Å². The number of carbonyl (C=O) groups excluding carboxylic acids is 1. The third-order valence-electron chi connectivity index (χ3n) is 5.96. The molecule has 150 valence electrons. The van der Waals surface area contributed by atoms with Gasteiger partial charge >= 0.3 is 6.01 Å². The number of hydrogen-bond donors (Lipinski definition) is 0. The van der Waals surface area contributed by atoms with Crippen LogP contribution in [-0.4, -0.2) is 54.3 Å². The molecule has 7 nitrogen and oxygen atoms in total. The van der Waals surface area contributed by atoms with Crippen LogP contribution in [0.5, 0.6) is 5.75 Å². The quantitative estimate of drug-likeness (QED) is 0.806. The summed E-state index contributed by atoms with van der Waals surface area (Å²) in [5, 5.41) is 8.39. The minimum atomic E-state index is 0.119. The normalized spacial score (nSPS) is 19.1. The molecule has 7 heteroatoms. The molecule has 2 aliphatic heterocycles. The summed E-state index contributed by atoms with van der Waals surface area (Å²) in [6.07, 6.45) is 3.93. The summed E-state index contributed by atoms with van der Waals surface area (Å²) in [4.78, 5) is 16.9. The van der Waals surface area contributed by atoms with Crippen LogP contribution in [0.2, 0.25) is 0 Å². The Hall–Kier alpha value is -2.57. The molecule has 2 aliphatic rings. The second-order valence-corrected chi connectivity index (χ2v) is 7.89. The van der Waals surface area contributed by atoms with Crippen molar-refractivity contribution in [3.63, 3.8) is 0 Å². The molecule has 1 aromatic heterocycles. The van der Waals surface area contributed by atoms with Crippen LogP contribution in [0.1, 0.15) is 32.6 Å². The van der Waals surface area contributed by atoms with Crippen molar-refractivity contribution in [2.75, 3.05) is 38.2 Å². The van der Waals surface area contributed by atoms with Crippen molar-refractivity contribution < 1.29 is 13.9 Å². The highest BCUT2D eigenvalue weighted by Crippen LogP contribution is 2.28. The van der Waals surface area contributed by atoms with E-state index in [2.05, 4.69) is 26.9 Å². The first-order valence-corrected chi connectivity index (χ1v) is 10.2. The lowest BCUT2D eigenvalue weighted by molar-refractivity contribution is -0.137. The Bertz CT molecular complexity index is 788. The molecule has 28 heavy (non-hydrogen) atoms. The van der Waals surface area contributed by atoms with E-state index < -0.39 is 0 Å². The zero-order chi connectivity index (χ0) is 19.5. The Morgan fingerprint density at radius 3 is 2.36 bits per heavy atom. The summed E-state index contributed by atoms with van der Waals surface area (Å²) < 4.78 is 11.1. The number of ether oxygens (including phenoxy) is 1. The molecule has 0 unspecified atom stereocenters. The fourth-order valence-electron chi connectivity index (χ4n) is 4.00. The second kappa shape index (κ2) is 8.20. The first-order chi connectivity index (χ1) is 13.6. The number of piperidine rings is 2. The van der Waals surface area contributed by atoms with E-state index in [1.807, 2.05) is 24.3 Å². The number of methoxy groups -OCH3 is 1. The van der Waals surface area contributed by atoms with E-state index in [1.54, 1.807) is 7.11 Å². The first kappa shape index (κ1) is 18.8. The molecule has 2 saturated heterocycles. The highest BCUT2D eigenvalue weighted by Gasteiger charge is 2.31. The predicted molar refractivity (Wildman–Crippen MR) is 106 cm³/mol. The zero-order valence-corrected chi connectivity index (χ0v) is 16.6. The first-order valence-electron chi connectivity index (χ1n) is 10.2. The lowest BCUT2D eigenvalue weighted by atomic mass is 9.93. The number of nitrogens with zero attached hydrogens (tertiary/aromatic N) is 4. The van der Waals surface area contributed by atoms with E-state index in [0.29, 0.717) is 17.8 Å². The van der Waals surface area contributed by atoms with Crippen LogP contribution >= 0.6 is 0 Å². The van der Waals surface area contributed by atoms with Gasteiger partial charge in [-0.2, -0.15) is 0 Å². The van der Waals surface area contributed by atoms with Gasteiger partial charge in [-0.25, -0.2) is 0 Å². The van der Waals surface area contributed by atoms with Gasteiger partial charge in [0.15, 0.2) is 0 Å². The number of carbonyl (C=O) groups is 1. The number of aromatic nitrogens is 2. The van der Waals surface area contributed by atoms with Gasteiger partial charge in [0, 0.05) is 37.7 Å². The van der Waals surface area contributed by atoms with Gasteiger partial charge in [-0.3, -0.25) is 4.79 Å². The molecule has 1 amide bonds. The fraction of sp³-hybridized carbons (Fsp3) is 0.571. The molecule has 4 rings (SSSR count). The molecular weight excluding hydrogens is 356 g/mol. The standard InChI is InChI=1S/C21H28N4O3/c1-15-7-11-24(12-8-15)20(26)17-9-13-25(14-10-17)21-23-22-19(28-21)16-3-5-18(27-2)6-4-16/h3-6,15,17H,7-14H2,1-2H3. The number of rotatable bonds is 4. The highest BCUT2D eigenvalue weighted by molar-refractivity contribution is 5.79. The Balaban J connectivity index is 1.34. The second-order valence-electron chi connectivity index (χ2n) is 7.89. The van der Waals surface area contributed by atoms with Crippen molar-refractivity contribution in [3.05, 3.63) is 24.3 Å². The molecule has 0 spiro atoms. The van der Waals surface area contributed by atoms with Crippen LogP contribution in [0.4, 0.5) is 6.01 Å². The molecule has 2 fully saturated rings. The number of anilines is 1. The molecule has 2 aromatic rings. The van der Waals surface area contributed by atoms with Crippen molar-refractivity contribution in [2.45, 2.75) is 32.6 Å². The summed E-state index contributed by atoms with van der Waals surface area (Å²) in [6, 6.07) is 8.08. The van der Waals surface area contributed by atoms with Crippen LogP contribution in [0.15, 0.2) is 28.7 Å². The van der Waals surface area contributed by atoms with E-state index in [0.717, 1.165) is 69.1 Å². The van der Waals surface area contributed by atoms with Gasteiger partial charge in [0.25, 0.3) is 0 Å². The van der Waals surface area contributed by atoms with Crippen molar-refractivity contribution >= 4 is 11.9 Å². The van der Waals surface area contributed by atoms with E-state index in [-0.39, 0.29) is 5.92 Å². The lowest BCUT2D eigenvalue weighted by Gasteiger charge is -2.36. The Kier molecular flexibility index (Phi) is 5.50. The lowest BCUT2D eigenvalue weighted by Crippen LogP contribution is -2.45. The maximum absolute atomic E-state index is 12.8. The summed E-state index contributed by atoms with van der Waals surface area (Å²) in [5.74, 6) is 2.48. The molecule has 0 aliphatic carbocycles. The van der Waals surface area contributed by atoms with Crippen molar-refractivity contribution in [1.29, 1.82) is 0 Å². The van der Waals surface area contributed by atoms with Gasteiger partial charge in [-0.05, 0) is 55.9 Å². The third kappa shape index (κ3) is 3.98. The average Bonchev–Trinajstić information content (AvgIpc) is 3.24. The smallest absolute Gasteiger partial charge is 0.318 e. The summed E-state index contributed by atoms with van der Waals surface area (Å²) in [5.41, 5.74) is 0.865. The molecule has 0 N–H and O–H groups in total. The van der Waals surface area contributed by atoms with Crippen LogP contribution in [0.25, 0.3) is 11.5 Å². The van der Waals surface area contributed by atoms with Gasteiger partial charge in [-0.1, -0.05) is 12.0 Å². The molecule has 1 aromatic carbocycles. The van der Waals surface area contributed by atoms with Crippen molar-refractivity contribution in [3.8, 4) is 17.2 Å². The third-order valence-corrected chi connectivity index (χ3v) is 5.96. The minimum absolute atomic E-state index is 0.119. The van der Waals surface area contributed by atoms with Gasteiger partial charge in [0.2, 0.25) is 11.8 Å².